The van der Waals surface area contributed by atoms with Gasteiger partial charge in [-0.25, -0.2) is 17.2 Å². The van der Waals surface area contributed by atoms with Gasteiger partial charge in [-0.3, -0.25) is 19.9 Å². The molecular weight excluding hydrogens is 544 g/mol. The van der Waals surface area contributed by atoms with Crippen LogP contribution in [0.4, 0.5) is 14.5 Å². The van der Waals surface area contributed by atoms with E-state index in [0.29, 0.717) is 42.9 Å². The summed E-state index contributed by atoms with van der Waals surface area (Å²) in [6, 6.07) is 8.34. The second-order valence-corrected chi connectivity index (χ2v) is 11.1. The highest BCUT2D eigenvalue weighted by Crippen LogP contribution is 2.31. The molecule has 10 nitrogen and oxygen atoms in total. The first-order chi connectivity index (χ1) is 18.9. The predicted molar refractivity (Wildman–Crippen MR) is 149 cm³/mol. The van der Waals surface area contributed by atoms with E-state index in [1.54, 1.807) is 37.3 Å². The van der Waals surface area contributed by atoms with Gasteiger partial charge in [0.05, 0.1) is 24.7 Å². The van der Waals surface area contributed by atoms with E-state index in [4.69, 9.17) is 26.0 Å². The van der Waals surface area contributed by atoms with E-state index in [0.717, 1.165) is 16.4 Å². The van der Waals surface area contributed by atoms with Crippen molar-refractivity contribution >= 4 is 39.4 Å². The molecule has 4 N–H and O–H groups in total. The molecule has 1 fully saturated rings. The van der Waals surface area contributed by atoms with Gasteiger partial charge in [-0.1, -0.05) is 30.4 Å². The Labute approximate surface area is 232 Å². The van der Waals surface area contributed by atoms with Gasteiger partial charge in [0.2, 0.25) is 10.0 Å². The lowest BCUT2D eigenvalue weighted by Gasteiger charge is -2.33. The lowest BCUT2D eigenvalue weighted by Crippen LogP contribution is -2.40. The fraction of sp³-hybridized carbons (Fsp3) is 0.370. The molecule has 0 unspecified atom stereocenters. The van der Waals surface area contributed by atoms with Crippen molar-refractivity contribution in [2.45, 2.75) is 32.8 Å². The Balaban J connectivity index is 1.87. The molecule has 0 aromatic heterocycles. The first kappa shape index (κ1) is 30.5. The van der Waals surface area contributed by atoms with Crippen molar-refractivity contribution in [2.24, 2.45) is 5.73 Å². The normalized spacial score (nSPS) is 14.2. The van der Waals surface area contributed by atoms with E-state index in [2.05, 4.69) is 0 Å². The SMILES string of the molecule is CCOC(=O)CS(=O)(=O)N(CC=Cc1cccc(C(=N)N)c1)c1cc(F)c(OC2CCN(C(C)=N)CC2)c(F)c1. The zero-order valence-electron chi connectivity index (χ0n) is 22.3. The maximum atomic E-state index is 15.1. The maximum absolute atomic E-state index is 15.1. The van der Waals surface area contributed by atoms with Crippen LogP contribution < -0.4 is 14.8 Å². The van der Waals surface area contributed by atoms with Crippen LogP contribution in [0.25, 0.3) is 6.08 Å². The molecule has 1 saturated heterocycles. The number of rotatable bonds is 11. The third kappa shape index (κ3) is 8.01. The number of sulfonamides is 1. The molecule has 1 heterocycles. The van der Waals surface area contributed by atoms with Crippen molar-refractivity contribution in [3.05, 3.63) is 65.2 Å². The molecule has 40 heavy (non-hydrogen) atoms. The molecule has 13 heteroatoms. The van der Waals surface area contributed by atoms with E-state index in [1.807, 2.05) is 4.90 Å². The van der Waals surface area contributed by atoms with Gasteiger partial charge in [-0.05, 0) is 25.5 Å². The first-order valence-corrected chi connectivity index (χ1v) is 14.2. The second-order valence-electron chi connectivity index (χ2n) is 9.16. The number of nitrogens with two attached hydrogens (primary N) is 1. The molecule has 0 radical (unpaired) electrons. The number of amidine groups is 2. The number of hydrogen-bond acceptors (Lipinski definition) is 7. The smallest absolute Gasteiger partial charge is 0.323 e. The van der Waals surface area contributed by atoms with Crippen molar-refractivity contribution in [3.63, 3.8) is 0 Å². The largest absolute Gasteiger partial charge is 0.484 e. The average Bonchev–Trinajstić information content (AvgIpc) is 2.88. The lowest BCUT2D eigenvalue weighted by atomic mass is 10.1. The summed E-state index contributed by atoms with van der Waals surface area (Å²) >= 11 is 0. The maximum Gasteiger partial charge on any atom is 0.323 e. The van der Waals surface area contributed by atoms with Crippen LogP contribution in [0.5, 0.6) is 5.75 Å². The standard InChI is InChI=1S/C27H33F2N5O5S/c1-3-38-25(35)17-40(36,37)34(11-5-7-19-6-4-8-20(14-19)27(31)32)21-15-23(28)26(24(29)16-21)39-22-9-12-33(13-10-22)18(2)30/h4-8,14-16,22,30H,3,9-13,17H2,1-2H3,(H3,31,32). The summed E-state index contributed by atoms with van der Waals surface area (Å²) < 4.78 is 67.7. The number of nitrogens with one attached hydrogen (secondary N) is 2. The second kappa shape index (κ2) is 13.4. The van der Waals surface area contributed by atoms with Crippen LogP contribution in [0, 0.1) is 22.5 Å². The number of esters is 1. The average molecular weight is 578 g/mol. The van der Waals surface area contributed by atoms with Gasteiger partial charge < -0.3 is 20.1 Å². The van der Waals surface area contributed by atoms with Gasteiger partial charge in [-0.15, -0.1) is 0 Å². The van der Waals surface area contributed by atoms with E-state index in [-0.39, 0.29) is 24.7 Å². The fourth-order valence-corrected chi connectivity index (χ4v) is 5.46. The monoisotopic (exact) mass is 577 g/mol. The Morgan fingerprint density at radius 3 is 2.40 bits per heavy atom. The minimum absolute atomic E-state index is 0.0334. The predicted octanol–water partition coefficient (Wildman–Crippen LogP) is 3.50. The molecule has 1 aliphatic rings. The third-order valence-corrected chi connectivity index (χ3v) is 7.82. The summed E-state index contributed by atoms with van der Waals surface area (Å²) in [7, 11) is -4.41. The number of benzene rings is 2. The van der Waals surface area contributed by atoms with Crippen LogP contribution in [0.15, 0.2) is 42.5 Å². The molecule has 0 atom stereocenters. The van der Waals surface area contributed by atoms with Gasteiger partial charge in [0.1, 0.15) is 11.9 Å². The van der Waals surface area contributed by atoms with E-state index >= 15 is 8.78 Å². The van der Waals surface area contributed by atoms with Crippen LogP contribution in [0.1, 0.15) is 37.8 Å². The highest BCUT2D eigenvalue weighted by molar-refractivity contribution is 7.93. The Kier molecular flexibility index (Phi) is 10.2. The molecule has 3 rings (SSSR count). The van der Waals surface area contributed by atoms with Crippen molar-refractivity contribution in [2.75, 3.05) is 36.3 Å². The summed E-state index contributed by atoms with van der Waals surface area (Å²) in [6.45, 7) is 3.84. The highest BCUT2D eigenvalue weighted by Gasteiger charge is 2.29. The van der Waals surface area contributed by atoms with Crippen LogP contribution in [-0.2, 0) is 19.6 Å². The van der Waals surface area contributed by atoms with Gasteiger partial charge in [0.25, 0.3) is 0 Å². The number of hydrogen-bond donors (Lipinski definition) is 3. The number of ether oxygens (including phenoxy) is 2. The van der Waals surface area contributed by atoms with Crippen molar-refractivity contribution < 1.29 is 31.5 Å². The molecule has 2 aromatic rings. The quantitative estimate of drug-likeness (QED) is 0.210. The molecular formula is C27H33F2N5O5S. The zero-order valence-corrected chi connectivity index (χ0v) is 23.1. The van der Waals surface area contributed by atoms with Crippen molar-refractivity contribution in [3.8, 4) is 5.75 Å². The summed E-state index contributed by atoms with van der Waals surface area (Å²) in [5, 5.41) is 15.3. The molecule has 0 spiro atoms. The molecule has 0 bridgehead atoms. The summed E-state index contributed by atoms with van der Waals surface area (Å²) in [4.78, 5) is 13.8. The molecule has 2 aromatic carbocycles. The van der Waals surface area contributed by atoms with Gasteiger partial charge in [0.15, 0.2) is 23.1 Å². The van der Waals surface area contributed by atoms with Gasteiger partial charge in [-0.2, -0.15) is 0 Å². The number of carbonyl (C=O) groups excluding carboxylic acids is 1. The molecule has 0 saturated carbocycles. The van der Waals surface area contributed by atoms with Crippen LogP contribution >= 0.6 is 0 Å². The zero-order chi connectivity index (χ0) is 29.4. The Morgan fingerprint density at radius 2 is 1.82 bits per heavy atom. The van der Waals surface area contributed by atoms with E-state index in [9.17, 15) is 13.2 Å². The Bertz CT molecular complexity index is 1370. The summed E-state index contributed by atoms with van der Waals surface area (Å²) in [6.07, 6.45) is 3.47. The molecule has 0 amide bonds. The number of likely N-dealkylation sites (tertiary alicyclic amines) is 1. The number of nitrogens with zero attached hydrogens (tertiary/aromatic N) is 2. The minimum atomic E-state index is -4.41. The number of nitrogen functional groups attached to an aromatic ring is 1. The van der Waals surface area contributed by atoms with E-state index in [1.165, 1.54) is 13.0 Å². The van der Waals surface area contributed by atoms with Crippen LogP contribution in [0.2, 0.25) is 0 Å². The fourth-order valence-electron chi connectivity index (χ4n) is 4.18. The van der Waals surface area contributed by atoms with Crippen molar-refractivity contribution in [1.82, 2.24) is 4.90 Å². The highest BCUT2D eigenvalue weighted by atomic mass is 32.2. The molecule has 216 valence electrons. The first-order valence-electron chi connectivity index (χ1n) is 12.6. The lowest BCUT2D eigenvalue weighted by molar-refractivity contribution is -0.139. The van der Waals surface area contributed by atoms with Crippen LogP contribution in [0.3, 0.4) is 0 Å². The number of piperidine rings is 1. The van der Waals surface area contributed by atoms with Gasteiger partial charge in [0, 0.05) is 43.6 Å². The van der Waals surface area contributed by atoms with Crippen LogP contribution in [-0.4, -0.2) is 69.1 Å². The topological polar surface area (TPSA) is 150 Å². The van der Waals surface area contributed by atoms with Gasteiger partial charge >= 0.3 is 5.97 Å². The molecule has 0 aliphatic carbocycles. The summed E-state index contributed by atoms with van der Waals surface area (Å²) in [5.41, 5.74) is 6.26. The number of anilines is 1. The number of carbonyl (C=O) groups is 1. The minimum Gasteiger partial charge on any atom is -0.484 e. The summed E-state index contributed by atoms with van der Waals surface area (Å²) in [5.74, 6) is -4.56. The third-order valence-electron chi connectivity index (χ3n) is 6.19. The Hall–Kier alpha value is -4.00. The number of halogens is 2. The van der Waals surface area contributed by atoms with Crippen molar-refractivity contribution in [1.29, 1.82) is 10.8 Å². The Morgan fingerprint density at radius 1 is 1.18 bits per heavy atom. The molecule has 1 aliphatic heterocycles. The van der Waals surface area contributed by atoms with E-state index < -0.39 is 45.2 Å².